The van der Waals surface area contributed by atoms with Crippen LogP contribution in [-0.4, -0.2) is 5.11 Å². The molecule has 1 N–H and O–H groups in total. The largest absolute Gasteiger partial charge is 0.507 e. The topological polar surface area (TPSA) is 49.7 Å². The Morgan fingerprint density at radius 3 is 2.70 bits per heavy atom. The molecule has 0 spiro atoms. The van der Waals surface area contributed by atoms with E-state index >= 15 is 0 Å². The highest BCUT2D eigenvalue weighted by Crippen LogP contribution is 2.28. The monoisotopic (exact) mass is 249 g/mol. The molecule has 0 saturated heterocycles. The molecule has 0 heterocycles. The summed E-state index contributed by atoms with van der Waals surface area (Å²) in [6.07, 6.45) is 0. The first-order valence-electron chi connectivity index (χ1n) is 2.56. The summed E-state index contributed by atoms with van der Waals surface area (Å²) in [6, 6.07) is 4.64. The van der Waals surface area contributed by atoms with E-state index in [2.05, 4.69) is 5.18 Å². The van der Waals surface area contributed by atoms with Crippen LogP contribution in [0, 0.1) is 8.48 Å². The number of halogens is 1. The second-order valence-corrected chi connectivity index (χ2v) is 2.78. The van der Waals surface area contributed by atoms with Gasteiger partial charge < -0.3 is 5.11 Å². The van der Waals surface area contributed by atoms with Gasteiger partial charge in [-0.05, 0) is 39.9 Å². The Kier molecular flexibility index (Phi) is 2.21. The number of nitroso groups, excluding NO2 is 1. The van der Waals surface area contributed by atoms with E-state index < -0.39 is 0 Å². The molecule has 0 aromatic heterocycles. The summed E-state index contributed by atoms with van der Waals surface area (Å²) in [5, 5.41) is 11.7. The molecular formula is C6H4INO2. The first kappa shape index (κ1) is 7.46. The molecule has 0 saturated carbocycles. The molecule has 0 fully saturated rings. The lowest BCUT2D eigenvalue weighted by Gasteiger charge is -1.95. The SMILES string of the molecule is O=Nc1cccc(O)c1I. The molecule has 10 heavy (non-hydrogen) atoms. The zero-order valence-electron chi connectivity index (χ0n) is 4.91. The van der Waals surface area contributed by atoms with E-state index in [9.17, 15) is 4.91 Å². The molecule has 0 unspecified atom stereocenters. The number of phenolic OH excluding ortho intramolecular Hbond substituents is 1. The summed E-state index contributed by atoms with van der Waals surface area (Å²) in [7, 11) is 0. The van der Waals surface area contributed by atoms with Gasteiger partial charge in [0.05, 0.1) is 3.57 Å². The predicted octanol–water partition coefficient (Wildman–Crippen LogP) is 2.39. The molecule has 0 bridgehead atoms. The van der Waals surface area contributed by atoms with E-state index in [4.69, 9.17) is 5.11 Å². The van der Waals surface area contributed by atoms with Crippen molar-refractivity contribution in [3.63, 3.8) is 0 Å². The third-order valence-electron chi connectivity index (χ3n) is 1.06. The number of phenols is 1. The van der Waals surface area contributed by atoms with Gasteiger partial charge in [0.2, 0.25) is 0 Å². The maximum Gasteiger partial charge on any atom is 0.131 e. The van der Waals surface area contributed by atoms with Crippen molar-refractivity contribution in [1.82, 2.24) is 0 Å². The van der Waals surface area contributed by atoms with Crippen molar-refractivity contribution in [3.8, 4) is 5.75 Å². The highest BCUT2D eigenvalue weighted by Gasteiger charge is 2.02. The summed E-state index contributed by atoms with van der Waals surface area (Å²) >= 11 is 1.86. The molecule has 0 amide bonds. The number of benzene rings is 1. The molecule has 3 nitrogen and oxygen atoms in total. The molecule has 52 valence electrons. The lowest BCUT2D eigenvalue weighted by atomic mass is 10.3. The van der Waals surface area contributed by atoms with E-state index in [1.165, 1.54) is 6.07 Å². The number of hydrogen-bond donors (Lipinski definition) is 1. The molecule has 1 aromatic carbocycles. The minimum Gasteiger partial charge on any atom is -0.507 e. The van der Waals surface area contributed by atoms with Crippen molar-refractivity contribution >= 4 is 28.3 Å². The van der Waals surface area contributed by atoms with E-state index in [0.29, 0.717) is 3.57 Å². The Labute approximate surface area is 71.2 Å². The first-order chi connectivity index (χ1) is 4.75. The van der Waals surface area contributed by atoms with Crippen molar-refractivity contribution in [2.45, 2.75) is 0 Å². The number of aromatic hydroxyl groups is 1. The molecular weight excluding hydrogens is 245 g/mol. The van der Waals surface area contributed by atoms with Crippen LogP contribution in [0.3, 0.4) is 0 Å². The Morgan fingerprint density at radius 1 is 1.50 bits per heavy atom. The molecule has 0 radical (unpaired) electrons. The summed E-state index contributed by atoms with van der Waals surface area (Å²) in [5.41, 5.74) is 0.278. The molecule has 0 atom stereocenters. The first-order valence-corrected chi connectivity index (χ1v) is 3.64. The number of hydrogen-bond acceptors (Lipinski definition) is 3. The van der Waals surface area contributed by atoms with Gasteiger partial charge in [0.15, 0.2) is 0 Å². The molecule has 0 aliphatic rings. The molecule has 0 aliphatic carbocycles. The van der Waals surface area contributed by atoms with Crippen molar-refractivity contribution in [1.29, 1.82) is 0 Å². The van der Waals surface area contributed by atoms with Crippen LogP contribution in [0.25, 0.3) is 0 Å². The van der Waals surface area contributed by atoms with Gasteiger partial charge >= 0.3 is 0 Å². The molecule has 0 aliphatic heterocycles. The Balaban J connectivity index is 3.27. The fraction of sp³-hybridized carbons (Fsp3) is 0. The van der Waals surface area contributed by atoms with Gasteiger partial charge in [0, 0.05) is 0 Å². The zero-order valence-corrected chi connectivity index (χ0v) is 7.07. The lowest BCUT2D eigenvalue weighted by molar-refractivity contribution is 0.472. The van der Waals surface area contributed by atoms with E-state index in [1.54, 1.807) is 12.1 Å². The minimum atomic E-state index is 0.0951. The normalized spacial score (nSPS) is 9.30. The smallest absolute Gasteiger partial charge is 0.131 e. The maximum atomic E-state index is 10.0. The van der Waals surface area contributed by atoms with Crippen LogP contribution in [0.1, 0.15) is 0 Å². The molecule has 1 rings (SSSR count). The quantitative estimate of drug-likeness (QED) is 0.613. The van der Waals surface area contributed by atoms with Crippen molar-refractivity contribution < 1.29 is 5.11 Å². The highest BCUT2D eigenvalue weighted by atomic mass is 127. The fourth-order valence-corrected chi connectivity index (χ4v) is 1.04. The summed E-state index contributed by atoms with van der Waals surface area (Å²) in [5.74, 6) is 0.0951. The predicted molar refractivity (Wildman–Crippen MR) is 46.3 cm³/mol. The van der Waals surface area contributed by atoms with Crippen LogP contribution < -0.4 is 0 Å². The summed E-state index contributed by atoms with van der Waals surface area (Å²) in [6.45, 7) is 0. The fourth-order valence-electron chi connectivity index (χ4n) is 0.578. The van der Waals surface area contributed by atoms with E-state index in [1.807, 2.05) is 22.6 Å². The third-order valence-corrected chi connectivity index (χ3v) is 2.16. The Morgan fingerprint density at radius 2 is 2.20 bits per heavy atom. The molecule has 4 heteroatoms. The maximum absolute atomic E-state index is 10.0. The Bertz CT molecular complexity index is 262. The lowest BCUT2D eigenvalue weighted by Crippen LogP contribution is -1.72. The average Bonchev–Trinajstić information content (AvgIpc) is 1.95. The summed E-state index contributed by atoms with van der Waals surface area (Å²) in [4.78, 5) is 10.0. The van der Waals surface area contributed by atoms with Gasteiger partial charge in [-0.2, -0.15) is 0 Å². The second-order valence-electron chi connectivity index (χ2n) is 1.70. The van der Waals surface area contributed by atoms with Gasteiger partial charge in [-0.3, -0.25) is 0 Å². The van der Waals surface area contributed by atoms with Crippen molar-refractivity contribution in [2.75, 3.05) is 0 Å². The van der Waals surface area contributed by atoms with Crippen LogP contribution in [0.2, 0.25) is 0 Å². The van der Waals surface area contributed by atoms with Crippen molar-refractivity contribution in [3.05, 3.63) is 26.7 Å². The van der Waals surface area contributed by atoms with Gasteiger partial charge in [-0.15, -0.1) is 4.91 Å². The van der Waals surface area contributed by atoms with E-state index in [-0.39, 0.29) is 11.4 Å². The van der Waals surface area contributed by atoms with Gasteiger partial charge in [-0.25, -0.2) is 0 Å². The van der Waals surface area contributed by atoms with Crippen LogP contribution in [0.15, 0.2) is 23.4 Å². The average molecular weight is 249 g/mol. The van der Waals surface area contributed by atoms with Gasteiger partial charge in [-0.1, -0.05) is 6.07 Å². The second kappa shape index (κ2) is 2.96. The highest BCUT2D eigenvalue weighted by molar-refractivity contribution is 14.1. The van der Waals surface area contributed by atoms with E-state index in [0.717, 1.165) is 0 Å². The minimum absolute atomic E-state index is 0.0951. The number of nitrogens with zero attached hydrogens (tertiary/aromatic N) is 1. The van der Waals surface area contributed by atoms with Gasteiger partial charge in [0.25, 0.3) is 0 Å². The standard InChI is InChI=1S/C6H4INO2/c7-6-4(8-10)2-1-3-5(6)9/h1-3,9H. The van der Waals surface area contributed by atoms with Crippen LogP contribution in [0.5, 0.6) is 5.75 Å². The Hall–Kier alpha value is -0.650. The third kappa shape index (κ3) is 1.26. The van der Waals surface area contributed by atoms with Crippen LogP contribution in [0.4, 0.5) is 5.69 Å². The summed E-state index contributed by atoms with van der Waals surface area (Å²) < 4.78 is 0.495. The van der Waals surface area contributed by atoms with Gasteiger partial charge in [0.1, 0.15) is 11.4 Å². The van der Waals surface area contributed by atoms with Crippen LogP contribution >= 0.6 is 22.6 Å². The zero-order chi connectivity index (χ0) is 7.56. The number of rotatable bonds is 1. The van der Waals surface area contributed by atoms with Crippen molar-refractivity contribution in [2.24, 2.45) is 5.18 Å². The van der Waals surface area contributed by atoms with Crippen LogP contribution in [-0.2, 0) is 0 Å². The molecule has 1 aromatic rings.